The smallest absolute Gasteiger partial charge is 0.267 e. The second kappa shape index (κ2) is 5.19. The highest BCUT2D eigenvalue weighted by Gasteiger charge is 2.15. The molecule has 0 spiro atoms. The fraction of sp³-hybridized carbons (Fsp3) is 0.0909. The zero-order valence-corrected chi connectivity index (χ0v) is 12.3. The summed E-state index contributed by atoms with van der Waals surface area (Å²) in [7, 11) is 0. The number of benzene rings is 1. The second-order valence-corrected chi connectivity index (χ2v) is 5.74. The molecule has 4 nitrogen and oxygen atoms in total. The number of nitrogens with two attached hydrogens (primary N) is 1. The van der Waals surface area contributed by atoms with Crippen LogP contribution in [0, 0.1) is 16.3 Å². The van der Waals surface area contributed by atoms with Gasteiger partial charge >= 0.3 is 0 Å². The number of carbonyl (C=O) groups is 1. The molecule has 1 aromatic heterocycles. The maximum absolute atomic E-state index is 12.9. The van der Waals surface area contributed by atoms with Crippen molar-refractivity contribution in [3.63, 3.8) is 0 Å². The van der Waals surface area contributed by atoms with Crippen molar-refractivity contribution in [1.29, 1.82) is 0 Å². The number of thiazole rings is 1. The number of carbonyl (C=O) groups excluding carboxylic acids is 1. The maximum atomic E-state index is 12.9. The first kappa shape index (κ1) is 13.2. The first-order chi connectivity index (χ1) is 8.47. The van der Waals surface area contributed by atoms with Crippen LogP contribution >= 0.6 is 33.9 Å². The zero-order valence-electron chi connectivity index (χ0n) is 9.33. The molecule has 7 heteroatoms. The van der Waals surface area contributed by atoms with E-state index in [-0.39, 0.29) is 11.7 Å². The number of aromatic nitrogens is 1. The van der Waals surface area contributed by atoms with Crippen LogP contribution in [0.2, 0.25) is 0 Å². The van der Waals surface area contributed by atoms with Gasteiger partial charge in [0.1, 0.15) is 10.7 Å². The molecule has 0 saturated heterocycles. The van der Waals surface area contributed by atoms with Crippen LogP contribution in [0.5, 0.6) is 0 Å². The summed E-state index contributed by atoms with van der Waals surface area (Å²) in [6.07, 6.45) is 0. The molecule has 0 saturated carbocycles. The van der Waals surface area contributed by atoms with E-state index in [1.807, 2.05) is 22.6 Å². The van der Waals surface area contributed by atoms with Crippen LogP contribution in [-0.4, -0.2) is 10.9 Å². The SMILES string of the molecule is Cc1nc(N)sc1C(=O)Nc1ccc(F)cc1I. The Morgan fingerprint density at radius 1 is 1.56 bits per heavy atom. The van der Waals surface area contributed by atoms with E-state index in [0.717, 1.165) is 11.3 Å². The Balaban J connectivity index is 2.24. The van der Waals surface area contributed by atoms with Crippen LogP contribution in [0.1, 0.15) is 15.4 Å². The molecule has 18 heavy (non-hydrogen) atoms. The fourth-order valence-electron chi connectivity index (χ4n) is 1.40. The summed E-state index contributed by atoms with van der Waals surface area (Å²) < 4.78 is 13.6. The average Bonchev–Trinajstić information content (AvgIpc) is 2.62. The van der Waals surface area contributed by atoms with Gasteiger partial charge in [0.2, 0.25) is 0 Å². The van der Waals surface area contributed by atoms with Crippen LogP contribution in [-0.2, 0) is 0 Å². The van der Waals surface area contributed by atoms with Crippen molar-refractivity contribution in [3.05, 3.63) is 38.2 Å². The minimum Gasteiger partial charge on any atom is -0.375 e. The van der Waals surface area contributed by atoms with Gasteiger partial charge < -0.3 is 11.1 Å². The first-order valence-electron chi connectivity index (χ1n) is 4.96. The second-order valence-electron chi connectivity index (χ2n) is 3.54. The summed E-state index contributed by atoms with van der Waals surface area (Å²) in [4.78, 5) is 16.4. The summed E-state index contributed by atoms with van der Waals surface area (Å²) in [6, 6.07) is 4.17. The van der Waals surface area contributed by atoms with Crippen LogP contribution in [0.4, 0.5) is 15.2 Å². The van der Waals surface area contributed by atoms with Crippen molar-refractivity contribution in [2.24, 2.45) is 0 Å². The normalized spacial score (nSPS) is 10.4. The number of anilines is 2. The molecule has 2 rings (SSSR count). The highest BCUT2D eigenvalue weighted by Crippen LogP contribution is 2.23. The Labute approximate surface area is 121 Å². The first-order valence-corrected chi connectivity index (χ1v) is 6.86. The molecule has 1 heterocycles. The van der Waals surface area contributed by atoms with Crippen molar-refractivity contribution >= 4 is 50.7 Å². The molecule has 2 aromatic rings. The minimum absolute atomic E-state index is 0.286. The van der Waals surface area contributed by atoms with Gasteiger partial charge in [-0.1, -0.05) is 11.3 Å². The molecule has 0 bridgehead atoms. The van der Waals surface area contributed by atoms with E-state index in [1.54, 1.807) is 6.92 Å². The van der Waals surface area contributed by atoms with E-state index in [2.05, 4.69) is 10.3 Å². The van der Waals surface area contributed by atoms with Gasteiger partial charge in [0, 0.05) is 3.57 Å². The fourth-order valence-corrected chi connectivity index (χ4v) is 2.74. The highest BCUT2D eigenvalue weighted by molar-refractivity contribution is 14.1. The molecule has 0 fully saturated rings. The van der Waals surface area contributed by atoms with Gasteiger partial charge in [0.05, 0.1) is 11.4 Å². The van der Waals surface area contributed by atoms with Gasteiger partial charge in [0.25, 0.3) is 5.91 Å². The quantitative estimate of drug-likeness (QED) is 0.791. The molecular weight excluding hydrogens is 368 g/mol. The van der Waals surface area contributed by atoms with Crippen molar-refractivity contribution in [2.45, 2.75) is 6.92 Å². The molecule has 0 aliphatic heterocycles. The number of nitrogens with one attached hydrogen (secondary N) is 1. The van der Waals surface area contributed by atoms with Crippen molar-refractivity contribution in [3.8, 4) is 0 Å². The van der Waals surface area contributed by atoms with Crippen molar-refractivity contribution in [2.75, 3.05) is 11.1 Å². The van der Waals surface area contributed by atoms with Gasteiger partial charge in [-0.3, -0.25) is 4.79 Å². The minimum atomic E-state index is -0.337. The number of rotatable bonds is 2. The lowest BCUT2D eigenvalue weighted by molar-refractivity contribution is 0.102. The predicted octanol–water partition coefficient (Wildman–Crippen LogP) is 3.03. The molecule has 0 radical (unpaired) electrons. The number of nitrogen functional groups attached to an aromatic ring is 1. The van der Waals surface area contributed by atoms with E-state index in [0.29, 0.717) is 25.0 Å². The van der Waals surface area contributed by atoms with Crippen molar-refractivity contribution < 1.29 is 9.18 Å². The average molecular weight is 377 g/mol. The third kappa shape index (κ3) is 2.78. The van der Waals surface area contributed by atoms with Gasteiger partial charge in [-0.15, -0.1) is 0 Å². The molecule has 0 aliphatic rings. The lowest BCUT2D eigenvalue weighted by Crippen LogP contribution is -2.12. The molecule has 1 amide bonds. The molecule has 0 atom stereocenters. The zero-order chi connectivity index (χ0) is 13.3. The lowest BCUT2D eigenvalue weighted by Gasteiger charge is -2.06. The number of nitrogens with zero attached hydrogens (tertiary/aromatic N) is 1. The number of amides is 1. The molecule has 3 N–H and O–H groups in total. The molecule has 0 aliphatic carbocycles. The Bertz CT molecular complexity index is 614. The van der Waals surface area contributed by atoms with Crippen LogP contribution < -0.4 is 11.1 Å². The highest BCUT2D eigenvalue weighted by atomic mass is 127. The Morgan fingerprint density at radius 2 is 2.28 bits per heavy atom. The van der Waals surface area contributed by atoms with E-state index in [4.69, 9.17) is 5.73 Å². The van der Waals surface area contributed by atoms with Crippen LogP contribution in [0.3, 0.4) is 0 Å². The Kier molecular flexibility index (Phi) is 3.81. The summed E-state index contributed by atoms with van der Waals surface area (Å²) in [5.41, 5.74) is 6.69. The molecule has 1 aromatic carbocycles. The summed E-state index contributed by atoms with van der Waals surface area (Å²) in [6.45, 7) is 1.72. The van der Waals surface area contributed by atoms with Crippen molar-refractivity contribution in [1.82, 2.24) is 4.98 Å². The van der Waals surface area contributed by atoms with Gasteiger partial charge in [-0.2, -0.15) is 0 Å². The van der Waals surface area contributed by atoms with E-state index in [1.165, 1.54) is 18.2 Å². The topological polar surface area (TPSA) is 68.0 Å². The summed E-state index contributed by atoms with van der Waals surface area (Å²) in [5, 5.41) is 3.06. The van der Waals surface area contributed by atoms with Crippen LogP contribution in [0.25, 0.3) is 0 Å². The Morgan fingerprint density at radius 3 is 2.83 bits per heavy atom. The van der Waals surface area contributed by atoms with Gasteiger partial charge in [-0.25, -0.2) is 9.37 Å². The predicted molar refractivity (Wildman–Crippen MR) is 78.3 cm³/mol. The third-order valence-corrected chi connectivity index (χ3v) is 4.08. The monoisotopic (exact) mass is 377 g/mol. The number of aryl methyl sites for hydroxylation is 1. The van der Waals surface area contributed by atoms with Crippen LogP contribution in [0.15, 0.2) is 18.2 Å². The standard InChI is InChI=1S/C11H9FIN3OS/c1-5-9(18-11(14)15-5)10(17)16-8-3-2-6(12)4-7(8)13/h2-4H,1H3,(H2,14,15)(H,16,17). The van der Waals surface area contributed by atoms with Gasteiger partial charge in [-0.05, 0) is 47.7 Å². The summed E-state index contributed by atoms with van der Waals surface area (Å²) >= 11 is 3.09. The number of halogens is 2. The van der Waals surface area contributed by atoms with Gasteiger partial charge in [0.15, 0.2) is 5.13 Å². The van der Waals surface area contributed by atoms with E-state index < -0.39 is 0 Å². The van der Waals surface area contributed by atoms with E-state index >= 15 is 0 Å². The van der Waals surface area contributed by atoms with E-state index in [9.17, 15) is 9.18 Å². The maximum Gasteiger partial charge on any atom is 0.267 e. The molecular formula is C11H9FIN3OS. The molecule has 94 valence electrons. The number of hydrogen-bond acceptors (Lipinski definition) is 4. The molecule has 0 unspecified atom stereocenters. The largest absolute Gasteiger partial charge is 0.375 e. The summed E-state index contributed by atoms with van der Waals surface area (Å²) in [5.74, 6) is -0.623. The Hall–Kier alpha value is -1.22. The third-order valence-electron chi connectivity index (χ3n) is 2.20. The number of hydrogen-bond donors (Lipinski definition) is 2. The lowest BCUT2D eigenvalue weighted by atomic mass is 10.3.